The molecular formula is C117H109ClN14O11S6. The number of carbonyl (C=O) groups excluding carboxylic acids is 6. The molecule has 0 radical (unpaired) electrons. The third kappa shape index (κ3) is 29.0. The SMILES string of the molecule is CCN(Cc1cccs1)C(=O)/C=C/c1ccc2c(c1)CCO2.Cc1[nH]ncc1N(Cc1cccs1)C(=O)/C=C/c1ccc2c(c1)CCC2.O=C(/C=C/c1ccc2c(c1)CCC2)N(Cc1cccs1)c1ccn[nH]1.O=C(/C=C/c1ccc2c(c1)OCO2)N(Cc1cccs1)c1ccc[nH+]c1.O=C(/C=C/c1ccc2c(c1)OCO2)N(Cc1cccs1)c1ccccn1.O=C([C@H]1C[C@@H]1c1ccccc1)N(Cc1cccs1)c1cn[nH]c1.[Cl-]. The Morgan fingerprint density at radius 1 is 0.403 bits per heavy atom. The maximum Gasteiger partial charge on any atom is 0.252 e. The van der Waals surface area contributed by atoms with Crippen molar-refractivity contribution in [2.45, 2.75) is 110 Å². The Kier molecular flexibility index (Phi) is 36.9. The molecule has 11 aromatic heterocycles. The molecule has 1 fully saturated rings. The summed E-state index contributed by atoms with van der Waals surface area (Å²) in [6, 6.07) is 75.9. The molecule has 0 spiro atoms. The molecule has 2 atom stereocenters. The summed E-state index contributed by atoms with van der Waals surface area (Å²) >= 11 is 9.89. The molecule has 149 heavy (non-hydrogen) atoms. The third-order valence-corrected chi connectivity index (χ3v) is 30.4. The molecule has 23 rings (SSSR count). The first-order chi connectivity index (χ1) is 72.7. The van der Waals surface area contributed by atoms with Gasteiger partial charge in [-0.15, -0.1) is 68.0 Å². The van der Waals surface area contributed by atoms with Gasteiger partial charge in [0.2, 0.25) is 25.4 Å². The molecule has 3 aliphatic carbocycles. The maximum atomic E-state index is 13.0. The third-order valence-electron chi connectivity index (χ3n) is 25.2. The van der Waals surface area contributed by atoms with Crippen LogP contribution in [0.4, 0.5) is 28.7 Å². The number of carbonyl (C=O) groups is 6. The number of aryl methyl sites for hydroxylation is 5. The second-order valence-electron chi connectivity index (χ2n) is 35.2. The Morgan fingerprint density at radius 2 is 0.879 bits per heavy atom. The van der Waals surface area contributed by atoms with E-state index in [2.05, 4.69) is 107 Å². The molecule has 17 aromatic rings. The van der Waals surface area contributed by atoms with E-state index >= 15 is 0 Å². The average Bonchev–Trinajstić information content (AvgIpc) is 1.62. The number of hydrogen-bond donors (Lipinski definition) is 3. The zero-order valence-corrected chi connectivity index (χ0v) is 87.5. The summed E-state index contributed by atoms with van der Waals surface area (Å²) in [4.78, 5) is 102. The summed E-state index contributed by atoms with van der Waals surface area (Å²) in [5, 5.41) is 32.8. The van der Waals surface area contributed by atoms with Gasteiger partial charge in [0.1, 0.15) is 23.1 Å². The fourth-order valence-electron chi connectivity index (χ4n) is 17.4. The molecule has 0 unspecified atom stereocenters. The van der Waals surface area contributed by atoms with Crippen molar-refractivity contribution in [3.63, 3.8) is 0 Å². The van der Waals surface area contributed by atoms with E-state index in [-0.39, 0.29) is 67.4 Å². The minimum Gasteiger partial charge on any atom is -1.00 e. The summed E-state index contributed by atoms with van der Waals surface area (Å²) in [6.07, 6.45) is 38.5. The standard InChI is InChI=1S/C21H21N3OS.C20H19N3OS.2C20H16N2O3S.C18H17N3OS.C18H19NO2S.ClH/c1-15-20(13-22-23-15)24(14-19-6-3-11-26-19)21(25)10-8-16-7-9-17-4-2-5-18(17)12-16;24-20(9-7-15-6-8-16-3-1-4-17(16)13-15)23(19-10-11-21-22-19)14-18-5-2-12-25-18;23-20(8-6-15-5-7-18-19(11-15)25-14-24-18)22(13-17-4-2-10-26-17)16-3-1-9-21-12-16;23-20(9-7-15-6-8-17-18(12-15)25-14-24-17)22(13-16-4-3-11-26-16)19-5-1-2-10-21-19;22-18(17-9-16(17)13-5-2-1-3-6-13)21(14-10-19-20-11-14)12-15-7-4-8-23-15;1-2-19(13-16-4-3-11-22-16)18(20)8-6-14-5-7-17-15(12-14)9-10-21-17;/h3,6-13H,2,4-5,14H2,1H3,(H,22,23);2,5-13H,1,3-4,14H2,(H,21,22);2*1-12H,13-14H2;1-8,10-11,16-17H,9,12H2,(H,19,20);3-8,11-12H,2,9-10,13H2,1H3;1H/b10-8+;9-7+;8-6+;9-7+;;8-6+;/t;;;;16-,17+;;/m....1../s1. The van der Waals surface area contributed by atoms with Gasteiger partial charge in [-0.1, -0.05) is 127 Å². The number of pyridine rings is 2. The van der Waals surface area contributed by atoms with Crippen LogP contribution >= 0.6 is 68.0 Å². The van der Waals surface area contributed by atoms with Crippen LogP contribution in [0.3, 0.4) is 0 Å². The smallest absolute Gasteiger partial charge is 0.252 e. The van der Waals surface area contributed by atoms with E-state index in [1.807, 2.05) is 250 Å². The van der Waals surface area contributed by atoms with Gasteiger partial charge >= 0.3 is 0 Å². The molecular weight excluding hydrogens is 2010 g/mol. The molecule has 0 bridgehead atoms. The van der Waals surface area contributed by atoms with Crippen molar-refractivity contribution in [2.75, 3.05) is 51.2 Å². The van der Waals surface area contributed by atoms with Crippen LogP contribution in [-0.4, -0.2) is 103 Å². The topological polar surface area (TPSA) is 281 Å². The molecule has 1 saturated carbocycles. The number of anilines is 5. The quantitative estimate of drug-likeness (QED) is 0.0353. The van der Waals surface area contributed by atoms with Crippen LogP contribution in [0.2, 0.25) is 0 Å². The Hall–Kier alpha value is -15.7. The highest BCUT2D eigenvalue weighted by atomic mass is 35.5. The zero-order chi connectivity index (χ0) is 102. The van der Waals surface area contributed by atoms with E-state index in [1.54, 1.807) is 161 Å². The molecule has 3 aliphatic heterocycles. The fraction of sp³-hybridized carbons (Fsp3) is 0.188. The number of thiophene rings is 6. The average molecular weight is 2120 g/mol. The van der Waals surface area contributed by atoms with Gasteiger partial charge in [-0.3, -0.25) is 58.8 Å². The van der Waals surface area contributed by atoms with Gasteiger partial charge in [-0.2, -0.15) is 15.3 Å². The predicted molar refractivity (Wildman–Crippen MR) is 591 cm³/mol. The first-order valence-electron chi connectivity index (χ1n) is 48.8. The van der Waals surface area contributed by atoms with Crippen LogP contribution in [0.15, 0.2) is 337 Å². The number of benzene rings is 6. The number of ether oxygens (including phenoxy) is 5. The molecule has 14 heterocycles. The van der Waals surface area contributed by atoms with Crippen molar-refractivity contribution in [3.8, 4) is 28.7 Å². The molecule has 756 valence electrons. The largest absolute Gasteiger partial charge is 1.00 e. The van der Waals surface area contributed by atoms with Gasteiger partial charge in [-0.25, -0.2) is 9.97 Å². The molecule has 6 amide bonds. The van der Waals surface area contributed by atoms with E-state index in [4.69, 9.17) is 23.7 Å². The summed E-state index contributed by atoms with van der Waals surface area (Å²) in [5.41, 5.74) is 16.5. The lowest BCUT2D eigenvalue weighted by molar-refractivity contribution is -0.377. The second-order valence-corrected chi connectivity index (χ2v) is 41.4. The molecule has 6 aliphatic rings. The van der Waals surface area contributed by atoms with Crippen LogP contribution in [0.1, 0.15) is 128 Å². The van der Waals surface area contributed by atoms with E-state index in [0.29, 0.717) is 74.9 Å². The van der Waals surface area contributed by atoms with Crippen LogP contribution in [0, 0.1) is 12.8 Å². The number of rotatable bonds is 30. The normalized spacial score (nSPS) is 13.8. The fourth-order valence-corrected chi connectivity index (χ4v) is 21.6. The van der Waals surface area contributed by atoms with Gasteiger partial charge in [0.25, 0.3) is 23.6 Å². The molecule has 0 saturated heterocycles. The summed E-state index contributed by atoms with van der Waals surface area (Å²) in [6.45, 7) is 9.25. The van der Waals surface area contributed by atoms with Gasteiger partial charge in [0, 0.05) is 103 Å². The number of hydrogen-bond acceptors (Lipinski definition) is 21. The van der Waals surface area contributed by atoms with Gasteiger partial charge in [0.05, 0.1) is 81.5 Å². The van der Waals surface area contributed by atoms with E-state index in [9.17, 15) is 28.8 Å². The first-order valence-corrected chi connectivity index (χ1v) is 54.1. The predicted octanol–water partition coefficient (Wildman–Crippen LogP) is 20.9. The first kappa shape index (κ1) is 105. The molecule has 25 nitrogen and oxygen atoms in total. The summed E-state index contributed by atoms with van der Waals surface area (Å²) in [5.74, 6) is 5.50. The number of fused-ring (bicyclic) bond motifs is 5. The van der Waals surface area contributed by atoms with Crippen molar-refractivity contribution in [3.05, 3.63) is 433 Å². The van der Waals surface area contributed by atoms with Crippen LogP contribution in [0.5, 0.6) is 28.7 Å². The lowest BCUT2D eigenvalue weighted by Gasteiger charge is -2.20. The van der Waals surface area contributed by atoms with Crippen molar-refractivity contribution in [2.24, 2.45) is 5.92 Å². The summed E-state index contributed by atoms with van der Waals surface area (Å²) < 4.78 is 26.9. The summed E-state index contributed by atoms with van der Waals surface area (Å²) in [7, 11) is 0. The number of aromatic nitrogens is 8. The minimum absolute atomic E-state index is 0. The Labute approximate surface area is 894 Å². The van der Waals surface area contributed by atoms with Crippen LogP contribution < -0.4 is 65.6 Å². The lowest BCUT2D eigenvalue weighted by Crippen LogP contribution is -3.00. The van der Waals surface area contributed by atoms with Crippen LogP contribution in [-0.2, 0) is 100 Å². The Bertz CT molecular complexity index is 7220. The highest BCUT2D eigenvalue weighted by Crippen LogP contribution is 2.49. The number of nitrogens with zero attached hydrogens (tertiary/aromatic N) is 10. The monoisotopic (exact) mass is 2110 g/mol. The number of aromatic amines is 4. The minimum atomic E-state index is -0.130. The zero-order valence-electron chi connectivity index (χ0n) is 81.9. The van der Waals surface area contributed by atoms with Crippen molar-refractivity contribution < 1.29 is 69.8 Å². The highest BCUT2D eigenvalue weighted by Gasteiger charge is 2.46. The number of H-pyrrole nitrogens is 4. The van der Waals surface area contributed by atoms with Gasteiger partial charge in [-0.05, 0) is 280 Å². The molecule has 32 heteroatoms. The van der Waals surface area contributed by atoms with Crippen LogP contribution in [0.25, 0.3) is 30.4 Å². The lowest BCUT2D eigenvalue weighted by atomic mass is 10.1. The van der Waals surface area contributed by atoms with E-state index < -0.39 is 0 Å². The maximum absolute atomic E-state index is 13.0. The second kappa shape index (κ2) is 52.5. The Morgan fingerprint density at radius 3 is 1.38 bits per heavy atom. The van der Waals surface area contributed by atoms with Gasteiger partial charge < -0.3 is 50.8 Å². The molecule has 6 aromatic carbocycles. The van der Waals surface area contributed by atoms with Gasteiger partial charge in [0.15, 0.2) is 35.4 Å². The molecule has 4 N–H and O–H groups in total. The van der Waals surface area contributed by atoms with Crippen molar-refractivity contribution in [1.29, 1.82) is 0 Å². The van der Waals surface area contributed by atoms with Crippen molar-refractivity contribution >= 4 is 163 Å². The van der Waals surface area contributed by atoms with E-state index in [1.165, 1.54) is 68.8 Å². The number of likely N-dealkylation sites (N-methyl/N-ethyl adjacent to an activating group) is 1. The Balaban J connectivity index is 0.000000122. The van der Waals surface area contributed by atoms with E-state index in [0.717, 1.165) is 120 Å². The van der Waals surface area contributed by atoms with Crippen molar-refractivity contribution in [1.82, 2.24) is 40.5 Å². The highest BCUT2D eigenvalue weighted by molar-refractivity contribution is 7.11. The number of nitrogens with one attached hydrogen (secondary N) is 4. The number of halogens is 1. The number of amides is 6.